The van der Waals surface area contributed by atoms with E-state index in [9.17, 15) is 4.79 Å². The minimum absolute atomic E-state index is 0.244. The van der Waals surface area contributed by atoms with Crippen molar-refractivity contribution in [3.8, 4) is 10.6 Å². The van der Waals surface area contributed by atoms with Gasteiger partial charge in [0.2, 0.25) is 4.96 Å². The summed E-state index contributed by atoms with van der Waals surface area (Å²) in [6.45, 7) is 6.99. The number of nitrogens with zero attached hydrogens (tertiary/aromatic N) is 7. The molecule has 168 valence electrons. The average molecular weight is 474 g/mol. The Morgan fingerprint density at radius 3 is 2.62 bits per heavy atom. The predicted octanol–water partition coefficient (Wildman–Crippen LogP) is 4.51. The van der Waals surface area contributed by atoms with E-state index in [0.717, 1.165) is 39.6 Å². The first kappa shape index (κ1) is 21.1. The van der Waals surface area contributed by atoms with Crippen molar-refractivity contribution in [1.82, 2.24) is 34.5 Å². The molecule has 0 N–H and O–H groups in total. The van der Waals surface area contributed by atoms with Crippen LogP contribution in [0.15, 0.2) is 18.3 Å². The summed E-state index contributed by atoms with van der Waals surface area (Å²) in [7, 11) is 1.77. The summed E-state index contributed by atoms with van der Waals surface area (Å²) >= 11 is 7.91. The third-order valence-corrected chi connectivity index (χ3v) is 6.67. The molecule has 0 saturated carbocycles. The third kappa shape index (κ3) is 4.04. The Bertz CT molecular complexity index is 1280. The number of rotatable bonds is 2. The van der Waals surface area contributed by atoms with Crippen LogP contribution in [0.3, 0.4) is 0 Å². The standard InChI is InChI=1S/C21H24ClN7O2S/c1-21(2,3)31-20(30)28-7-5-12(6-8-28)16-11-29-19(23-16)32-18(26-29)13-9-14(22)17-15(10-13)24-27(4)25-17/h9-12H,5-8H2,1-4H3. The highest BCUT2D eigenvalue weighted by Gasteiger charge is 2.29. The van der Waals surface area contributed by atoms with Crippen molar-refractivity contribution in [3.63, 3.8) is 0 Å². The highest BCUT2D eigenvalue weighted by Crippen LogP contribution is 2.34. The van der Waals surface area contributed by atoms with Crippen LogP contribution in [0.25, 0.3) is 26.6 Å². The van der Waals surface area contributed by atoms with Gasteiger partial charge in [0.1, 0.15) is 21.6 Å². The molecule has 0 aliphatic carbocycles. The van der Waals surface area contributed by atoms with Crippen LogP contribution in [0.2, 0.25) is 5.02 Å². The second kappa shape index (κ2) is 7.70. The Morgan fingerprint density at radius 1 is 1.19 bits per heavy atom. The molecule has 11 heteroatoms. The molecule has 32 heavy (non-hydrogen) atoms. The quantitative estimate of drug-likeness (QED) is 0.425. The van der Waals surface area contributed by atoms with Gasteiger partial charge in [-0.15, -0.1) is 0 Å². The summed E-state index contributed by atoms with van der Waals surface area (Å²) in [5, 5.41) is 14.7. The van der Waals surface area contributed by atoms with Crippen molar-refractivity contribution >= 4 is 45.0 Å². The summed E-state index contributed by atoms with van der Waals surface area (Å²) < 4.78 is 7.31. The molecule has 1 aromatic carbocycles. The minimum Gasteiger partial charge on any atom is -0.444 e. The SMILES string of the molecule is Cn1nc2cc(-c3nn4cc(C5CCN(C(=O)OC(C)(C)C)CC5)nc4s3)cc(Cl)c2n1. The normalized spacial score (nSPS) is 15.7. The number of imidazole rings is 1. The van der Waals surface area contributed by atoms with E-state index >= 15 is 0 Å². The molecule has 3 aromatic heterocycles. The van der Waals surface area contributed by atoms with Crippen LogP contribution < -0.4 is 0 Å². The van der Waals surface area contributed by atoms with Gasteiger partial charge in [-0.05, 0) is 45.7 Å². The fraction of sp³-hybridized carbons (Fsp3) is 0.476. The maximum atomic E-state index is 12.3. The smallest absolute Gasteiger partial charge is 0.410 e. The van der Waals surface area contributed by atoms with E-state index in [1.807, 2.05) is 43.6 Å². The Labute approximate surface area is 193 Å². The molecule has 1 amide bonds. The Morgan fingerprint density at radius 2 is 1.94 bits per heavy atom. The van der Waals surface area contributed by atoms with Gasteiger partial charge in [-0.3, -0.25) is 0 Å². The third-order valence-electron chi connectivity index (χ3n) is 5.41. The van der Waals surface area contributed by atoms with Gasteiger partial charge in [0.25, 0.3) is 0 Å². The molecule has 0 atom stereocenters. The van der Waals surface area contributed by atoms with Gasteiger partial charge in [-0.25, -0.2) is 14.3 Å². The van der Waals surface area contributed by atoms with Crippen molar-refractivity contribution in [2.45, 2.75) is 45.1 Å². The van der Waals surface area contributed by atoms with Crippen LogP contribution in [-0.2, 0) is 11.8 Å². The molecule has 0 radical (unpaired) electrons. The lowest BCUT2D eigenvalue weighted by Crippen LogP contribution is -2.41. The zero-order valence-corrected chi connectivity index (χ0v) is 19.9. The summed E-state index contributed by atoms with van der Waals surface area (Å²) in [5.41, 5.74) is 2.85. The number of carbonyl (C=O) groups is 1. The Kier molecular flexibility index (Phi) is 5.09. The second-order valence-corrected chi connectivity index (χ2v) is 10.4. The summed E-state index contributed by atoms with van der Waals surface area (Å²) in [6, 6.07) is 3.81. The minimum atomic E-state index is -0.479. The maximum absolute atomic E-state index is 12.3. The van der Waals surface area contributed by atoms with Crippen LogP contribution in [-0.4, -0.2) is 59.3 Å². The summed E-state index contributed by atoms with van der Waals surface area (Å²) in [6.07, 6.45) is 3.46. The summed E-state index contributed by atoms with van der Waals surface area (Å²) in [5.74, 6) is 0.302. The van der Waals surface area contributed by atoms with Crippen molar-refractivity contribution in [2.24, 2.45) is 7.05 Å². The molecule has 4 heterocycles. The molecular weight excluding hydrogens is 450 g/mol. The van der Waals surface area contributed by atoms with Gasteiger partial charge in [-0.1, -0.05) is 22.9 Å². The van der Waals surface area contributed by atoms with Gasteiger partial charge >= 0.3 is 6.09 Å². The van der Waals surface area contributed by atoms with E-state index in [0.29, 0.717) is 29.5 Å². The van der Waals surface area contributed by atoms with Crippen LogP contribution in [0.5, 0.6) is 0 Å². The second-order valence-electron chi connectivity index (χ2n) is 9.06. The van der Waals surface area contributed by atoms with E-state index in [2.05, 4.69) is 10.2 Å². The predicted molar refractivity (Wildman–Crippen MR) is 123 cm³/mol. The molecule has 1 fully saturated rings. The van der Waals surface area contributed by atoms with Crippen molar-refractivity contribution in [2.75, 3.05) is 13.1 Å². The maximum Gasteiger partial charge on any atom is 0.410 e. The zero-order valence-electron chi connectivity index (χ0n) is 18.4. The van der Waals surface area contributed by atoms with Crippen LogP contribution in [0.4, 0.5) is 4.79 Å². The lowest BCUT2D eigenvalue weighted by Gasteiger charge is -2.32. The number of piperidine rings is 1. The van der Waals surface area contributed by atoms with Crippen LogP contribution in [0.1, 0.15) is 45.2 Å². The summed E-state index contributed by atoms with van der Waals surface area (Å²) in [4.78, 5) is 21.2. The number of hydrogen-bond acceptors (Lipinski definition) is 7. The molecule has 1 saturated heterocycles. The van der Waals surface area contributed by atoms with Crippen molar-refractivity contribution < 1.29 is 9.53 Å². The number of carbonyl (C=O) groups excluding carboxylic acids is 1. The van der Waals surface area contributed by atoms with Crippen molar-refractivity contribution in [3.05, 3.63) is 29.0 Å². The first-order valence-electron chi connectivity index (χ1n) is 10.5. The Balaban J connectivity index is 1.31. The highest BCUT2D eigenvalue weighted by molar-refractivity contribution is 7.19. The molecule has 1 aliphatic rings. The molecule has 1 aliphatic heterocycles. The number of amides is 1. The van der Waals surface area contributed by atoms with Gasteiger partial charge in [0.05, 0.1) is 16.9 Å². The molecule has 9 nitrogen and oxygen atoms in total. The molecule has 0 spiro atoms. The number of ether oxygens (including phenoxy) is 1. The number of likely N-dealkylation sites (tertiary alicyclic amines) is 1. The van der Waals surface area contributed by atoms with E-state index in [-0.39, 0.29) is 6.09 Å². The highest BCUT2D eigenvalue weighted by atomic mass is 35.5. The largest absolute Gasteiger partial charge is 0.444 e. The van der Waals surface area contributed by atoms with E-state index in [4.69, 9.17) is 26.4 Å². The van der Waals surface area contributed by atoms with E-state index in [1.165, 1.54) is 16.1 Å². The number of fused-ring (bicyclic) bond motifs is 2. The molecule has 4 aromatic rings. The van der Waals surface area contributed by atoms with Crippen LogP contribution >= 0.6 is 22.9 Å². The van der Waals surface area contributed by atoms with Crippen molar-refractivity contribution in [1.29, 1.82) is 0 Å². The van der Waals surface area contributed by atoms with E-state index < -0.39 is 5.60 Å². The molecule has 0 unspecified atom stereocenters. The van der Waals surface area contributed by atoms with Gasteiger partial charge in [0.15, 0.2) is 0 Å². The van der Waals surface area contributed by atoms with E-state index in [1.54, 1.807) is 11.9 Å². The fourth-order valence-corrected chi connectivity index (χ4v) is 5.05. The number of aryl methyl sites for hydroxylation is 1. The monoisotopic (exact) mass is 473 g/mol. The number of halogens is 1. The molecule has 0 bridgehead atoms. The van der Waals surface area contributed by atoms with Gasteiger partial charge in [0, 0.05) is 31.6 Å². The first-order valence-corrected chi connectivity index (χ1v) is 11.7. The number of benzene rings is 1. The number of aromatic nitrogens is 6. The van der Waals surface area contributed by atoms with Crippen LogP contribution in [0, 0.1) is 0 Å². The van der Waals surface area contributed by atoms with Gasteiger partial charge < -0.3 is 9.64 Å². The molecular formula is C21H24ClN7O2S. The first-order chi connectivity index (χ1) is 15.2. The topological polar surface area (TPSA) is 90.4 Å². The molecule has 5 rings (SSSR count). The number of hydrogen-bond donors (Lipinski definition) is 0. The lowest BCUT2D eigenvalue weighted by molar-refractivity contribution is 0.0204. The Hall–Kier alpha value is -2.72. The lowest BCUT2D eigenvalue weighted by atomic mass is 9.94. The average Bonchev–Trinajstić information content (AvgIpc) is 3.39. The zero-order chi connectivity index (χ0) is 22.6. The van der Waals surface area contributed by atoms with Gasteiger partial charge in [-0.2, -0.15) is 20.1 Å². The fourth-order valence-electron chi connectivity index (χ4n) is 3.92.